The number of amides is 1. The minimum absolute atomic E-state index is 0.00877. The number of halogens is 1. The zero-order chi connectivity index (χ0) is 15.2. The molecule has 0 aliphatic carbocycles. The summed E-state index contributed by atoms with van der Waals surface area (Å²) in [6, 6.07) is 6.90. The van der Waals surface area contributed by atoms with E-state index in [9.17, 15) is 9.18 Å². The molecule has 0 saturated carbocycles. The summed E-state index contributed by atoms with van der Waals surface area (Å²) in [6.07, 6.45) is 2.89. The molecule has 116 valence electrons. The number of alkyl halides is 1. The predicted octanol–water partition coefficient (Wildman–Crippen LogP) is 1.74. The lowest BCUT2D eigenvalue weighted by Gasteiger charge is -2.33. The second-order valence-electron chi connectivity index (χ2n) is 5.80. The van der Waals surface area contributed by atoms with Gasteiger partial charge in [-0.2, -0.15) is 0 Å². The Hall–Kier alpha value is -1.62. The molecule has 0 spiro atoms. The topological polar surface area (TPSA) is 72.3 Å². The van der Waals surface area contributed by atoms with Crippen molar-refractivity contribution in [2.24, 2.45) is 11.7 Å². The number of hydrogen-bond donors (Lipinski definition) is 2. The van der Waals surface area contributed by atoms with Crippen LogP contribution in [0.25, 0.3) is 0 Å². The summed E-state index contributed by atoms with van der Waals surface area (Å²) in [5, 5.41) is 0. The molecule has 5 heteroatoms. The molecule has 2 rings (SSSR count). The van der Waals surface area contributed by atoms with E-state index in [0.29, 0.717) is 37.5 Å². The lowest BCUT2D eigenvalue weighted by atomic mass is 9.93. The number of hydrogen-bond acceptors (Lipinski definition) is 3. The van der Waals surface area contributed by atoms with Crippen LogP contribution in [-0.4, -0.2) is 36.6 Å². The number of piperidine rings is 1. The maximum Gasteiger partial charge on any atom is 0.239 e. The molecule has 0 bridgehead atoms. The van der Waals surface area contributed by atoms with Crippen LogP contribution in [-0.2, 0) is 11.2 Å². The Morgan fingerprint density at radius 2 is 1.90 bits per heavy atom. The van der Waals surface area contributed by atoms with E-state index in [1.807, 2.05) is 29.2 Å². The van der Waals surface area contributed by atoms with Crippen LogP contribution < -0.4 is 11.5 Å². The van der Waals surface area contributed by atoms with Gasteiger partial charge in [-0.15, -0.1) is 0 Å². The maximum absolute atomic E-state index is 12.3. The fourth-order valence-corrected chi connectivity index (χ4v) is 2.83. The van der Waals surface area contributed by atoms with Gasteiger partial charge >= 0.3 is 0 Å². The van der Waals surface area contributed by atoms with Crippen LogP contribution in [0.2, 0.25) is 0 Å². The van der Waals surface area contributed by atoms with E-state index in [4.69, 9.17) is 11.5 Å². The molecule has 0 radical (unpaired) electrons. The number of benzene rings is 1. The van der Waals surface area contributed by atoms with E-state index in [1.54, 1.807) is 0 Å². The van der Waals surface area contributed by atoms with Crippen molar-refractivity contribution in [3.05, 3.63) is 29.8 Å². The van der Waals surface area contributed by atoms with Crippen LogP contribution in [0.1, 0.15) is 24.8 Å². The van der Waals surface area contributed by atoms with Crippen molar-refractivity contribution in [1.82, 2.24) is 4.90 Å². The molecule has 1 saturated heterocycles. The third kappa shape index (κ3) is 4.43. The first-order valence-corrected chi connectivity index (χ1v) is 7.55. The molecule has 1 atom stereocenters. The van der Waals surface area contributed by atoms with Crippen molar-refractivity contribution >= 4 is 11.6 Å². The Morgan fingerprint density at radius 3 is 2.48 bits per heavy atom. The van der Waals surface area contributed by atoms with Crippen molar-refractivity contribution < 1.29 is 9.18 Å². The number of nitrogens with two attached hydrogens (primary N) is 2. The van der Waals surface area contributed by atoms with Crippen molar-refractivity contribution in [3.63, 3.8) is 0 Å². The van der Waals surface area contributed by atoms with E-state index in [2.05, 4.69) is 0 Å². The highest BCUT2D eigenvalue weighted by atomic mass is 19.1. The molecule has 1 aliphatic rings. The Kier molecular flexibility index (Phi) is 5.56. The number of anilines is 1. The van der Waals surface area contributed by atoms with E-state index >= 15 is 0 Å². The highest BCUT2D eigenvalue weighted by Gasteiger charge is 2.26. The maximum atomic E-state index is 12.3. The Labute approximate surface area is 125 Å². The molecule has 1 heterocycles. The monoisotopic (exact) mass is 293 g/mol. The molecule has 1 amide bonds. The normalized spacial score (nSPS) is 17.7. The van der Waals surface area contributed by atoms with Crippen molar-refractivity contribution in [2.75, 3.05) is 25.5 Å². The molecule has 4 N–H and O–H groups in total. The molecule has 1 fully saturated rings. The van der Waals surface area contributed by atoms with Crippen LogP contribution in [0.5, 0.6) is 0 Å². The average Bonchev–Trinajstić information content (AvgIpc) is 2.50. The van der Waals surface area contributed by atoms with Crippen molar-refractivity contribution in [2.45, 2.75) is 31.7 Å². The lowest BCUT2D eigenvalue weighted by molar-refractivity contribution is -0.134. The summed E-state index contributed by atoms with van der Waals surface area (Å²) in [7, 11) is 0. The molecule has 1 aromatic carbocycles. The first-order valence-electron chi connectivity index (χ1n) is 7.55. The zero-order valence-corrected chi connectivity index (χ0v) is 12.3. The number of nitrogens with zero attached hydrogens (tertiary/aromatic N) is 1. The zero-order valence-electron chi connectivity index (χ0n) is 12.3. The first-order chi connectivity index (χ1) is 10.1. The minimum Gasteiger partial charge on any atom is -0.399 e. The quantitative estimate of drug-likeness (QED) is 0.812. The SMILES string of the molecule is Nc1ccc(C[C@H](N)C(=O)N2CCC(CCF)CC2)cc1. The van der Waals surface area contributed by atoms with Crippen LogP contribution in [0.3, 0.4) is 0 Å². The van der Waals surface area contributed by atoms with Gasteiger partial charge in [-0.3, -0.25) is 9.18 Å². The number of carbonyl (C=O) groups excluding carboxylic acids is 1. The van der Waals surface area contributed by atoms with Gasteiger partial charge < -0.3 is 16.4 Å². The van der Waals surface area contributed by atoms with Gasteiger partial charge in [0, 0.05) is 18.8 Å². The largest absolute Gasteiger partial charge is 0.399 e. The molecular weight excluding hydrogens is 269 g/mol. The van der Waals surface area contributed by atoms with Gasteiger partial charge in [0.25, 0.3) is 0 Å². The van der Waals surface area contributed by atoms with Crippen LogP contribution in [0.4, 0.5) is 10.1 Å². The van der Waals surface area contributed by atoms with E-state index in [1.165, 1.54) is 0 Å². The van der Waals surface area contributed by atoms with E-state index in [0.717, 1.165) is 18.4 Å². The molecule has 0 unspecified atom stereocenters. The molecule has 21 heavy (non-hydrogen) atoms. The number of carbonyl (C=O) groups is 1. The number of nitrogen functional groups attached to an aromatic ring is 1. The summed E-state index contributed by atoms with van der Waals surface area (Å²) >= 11 is 0. The number of rotatable bonds is 5. The van der Waals surface area contributed by atoms with Gasteiger partial charge in [-0.25, -0.2) is 0 Å². The molecular formula is C16H24FN3O. The van der Waals surface area contributed by atoms with E-state index < -0.39 is 6.04 Å². The molecule has 0 aromatic heterocycles. The predicted molar refractivity (Wildman–Crippen MR) is 82.4 cm³/mol. The molecule has 1 aromatic rings. The first kappa shape index (κ1) is 15.8. The number of likely N-dealkylation sites (tertiary alicyclic amines) is 1. The Balaban J connectivity index is 1.84. The highest BCUT2D eigenvalue weighted by molar-refractivity contribution is 5.82. The summed E-state index contributed by atoms with van der Waals surface area (Å²) in [6.45, 7) is 1.12. The van der Waals surface area contributed by atoms with Gasteiger partial charge in [0.15, 0.2) is 0 Å². The molecule has 4 nitrogen and oxygen atoms in total. The third-order valence-corrected chi connectivity index (χ3v) is 4.20. The summed E-state index contributed by atoms with van der Waals surface area (Å²) in [5.41, 5.74) is 13.4. The van der Waals surface area contributed by atoms with Gasteiger partial charge in [-0.1, -0.05) is 12.1 Å². The Morgan fingerprint density at radius 1 is 1.29 bits per heavy atom. The highest BCUT2D eigenvalue weighted by Crippen LogP contribution is 2.21. The van der Waals surface area contributed by atoms with Gasteiger partial charge in [0.2, 0.25) is 5.91 Å². The van der Waals surface area contributed by atoms with Gasteiger partial charge in [0.05, 0.1) is 12.7 Å². The van der Waals surface area contributed by atoms with Crippen molar-refractivity contribution in [1.29, 1.82) is 0 Å². The average molecular weight is 293 g/mol. The second-order valence-corrected chi connectivity index (χ2v) is 5.80. The summed E-state index contributed by atoms with van der Waals surface area (Å²) < 4.78 is 12.3. The van der Waals surface area contributed by atoms with Gasteiger partial charge in [-0.05, 0) is 49.3 Å². The summed E-state index contributed by atoms with van der Waals surface area (Å²) in [5.74, 6) is 0.401. The van der Waals surface area contributed by atoms with Crippen molar-refractivity contribution in [3.8, 4) is 0 Å². The lowest BCUT2D eigenvalue weighted by Crippen LogP contribution is -2.48. The Bertz CT molecular complexity index is 455. The van der Waals surface area contributed by atoms with Crippen LogP contribution in [0.15, 0.2) is 24.3 Å². The third-order valence-electron chi connectivity index (χ3n) is 4.20. The fourth-order valence-electron chi connectivity index (χ4n) is 2.83. The fraction of sp³-hybridized carbons (Fsp3) is 0.562. The van der Waals surface area contributed by atoms with E-state index in [-0.39, 0.29) is 12.6 Å². The minimum atomic E-state index is -0.522. The second kappa shape index (κ2) is 7.41. The molecule has 1 aliphatic heterocycles. The van der Waals surface area contributed by atoms with Crippen LogP contribution >= 0.6 is 0 Å². The summed E-state index contributed by atoms with van der Waals surface area (Å²) in [4.78, 5) is 14.2. The van der Waals surface area contributed by atoms with Crippen LogP contribution in [0, 0.1) is 5.92 Å². The smallest absolute Gasteiger partial charge is 0.239 e. The standard InChI is InChI=1S/C16H24FN3O/c17-8-5-12-6-9-20(10-7-12)16(21)15(19)11-13-1-3-14(18)4-2-13/h1-4,12,15H,5-11,18-19H2/t15-/m0/s1. The van der Waals surface area contributed by atoms with Gasteiger partial charge in [0.1, 0.15) is 0 Å².